The number of rotatable bonds is 6. The van der Waals surface area contributed by atoms with Gasteiger partial charge in [0, 0.05) is 18.8 Å². The van der Waals surface area contributed by atoms with Gasteiger partial charge in [0.15, 0.2) is 0 Å². The molecule has 7 heteroatoms. The van der Waals surface area contributed by atoms with Gasteiger partial charge in [0.2, 0.25) is 0 Å². The maximum atomic E-state index is 11.3. The number of hydrogen-bond acceptors (Lipinski definition) is 5. The summed E-state index contributed by atoms with van der Waals surface area (Å²) in [6.07, 6.45) is 3.69. The Morgan fingerprint density at radius 3 is 2.46 bits per heavy atom. The highest BCUT2D eigenvalue weighted by Gasteiger charge is 2.23. The molecule has 0 aliphatic heterocycles. The van der Waals surface area contributed by atoms with Crippen molar-refractivity contribution in [1.82, 2.24) is 0 Å². The monoisotopic (exact) mass is 403 g/mol. The van der Waals surface area contributed by atoms with Crippen molar-refractivity contribution in [3.05, 3.63) is 59.2 Å². The van der Waals surface area contributed by atoms with E-state index in [-0.39, 0.29) is 0 Å². The van der Waals surface area contributed by atoms with E-state index in [1.165, 1.54) is 5.56 Å². The number of nitrogens with zero attached hydrogens (tertiary/aromatic N) is 1. The lowest BCUT2D eigenvalue weighted by Gasteiger charge is -2.34. The van der Waals surface area contributed by atoms with E-state index in [0.717, 1.165) is 42.3 Å². The largest absolute Gasteiger partial charge is 0.481 e. The smallest absolute Gasteiger partial charge is 0.310 e. The SMILES string of the molecule is CC(C(=O)O)c1ccc(N(C)C2CCc3cc(OS(C)(=O)=O)ccc3C2)cc1. The summed E-state index contributed by atoms with van der Waals surface area (Å²) in [5, 5.41) is 9.14. The molecule has 0 radical (unpaired) electrons. The number of fused-ring (bicyclic) bond motifs is 1. The number of carboxylic acid groups (broad SMARTS) is 1. The Kier molecular flexibility index (Phi) is 5.65. The van der Waals surface area contributed by atoms with Crippen molar-refractivity contribution >= 4 is 21.8 Å². The second-order valence-electron chi connectivity index (χ2n) is 7.38. The molecule has 0 saturated heterocycles. The third-order valence-electron chi connectivity index (χ3n) is 5.35. The highest BCUT2D eigenvalue weighted by molar-refractivity contribution is 7.86. The molecule has 6 nitrogen and oxygen atoms in total. The molecule has 1 aliphatic rings. The minimum Gasteiger partial charge on any atom is -0.481 e. The fourth-order valence-corrected chi connectivity index (χ4v) is 4.07. The molecule has 3 rings (SSSR count). The molecule has 2 aromatic rings. The van der Waals surface area contributed by atoms with Gasteiger partial charge in [0.05, 0.1) is 12.2 Å². The molecule has 1 N–H and O–H groups in total. The molecule has 0 aromatic heterocycles. The molecule has 2 aromatic carbocycles. The summed E-state index contributed by atoms with van der Waals surface area (Å²) in [7, 11) is -1.48. The molecule has 150 valence electrons. The molecule has 2 atom stereocenters. The number of benzene rings is 2. The lowest BCUT2D eigenvalue weighted by atomic mass is 9.87. The van der Waals surface area contributed by atoms with Crippen LogP contribution in [0.4, 0.5) is 5.69 Å². The van der Waals surface area contributed by atoms with Gasteiger partial charge in [-0.25, -0.2) is 0 Å². The Labute approximate surface area is 165 Å². The Morgan fingerprint density at radius 2 is 1.86 bits per heavy atom. The average Bonchev–Trinajstić information content (AvgIpc) is 2.65. The van der Waals surface area contributed by atoms with Crippen LogP contribution in [0.15, 0.2) is 42.5 Å². The average molecular weight is 404 g/mol. The molecule has 0 fully saturated rings. The molecular formula is C21H25NO5S. The van der Waals surface area contributed by atoms with E-state index < -0.39 is 22.0 Å². The lowest BCUT2D eigenvalue weighted by Crippen LogP contribution is -2.36. The third kappa shape index (κ3) is 4.65. The summed E-state index contributed by atoms with van der Waals surface area (Å²) in [5.41, 5.74) is 4.15. The number of aliphatic carboxylic acids is 1. The predicted octanol–water partition coefficient (Wildman–Crippen LogP) is 3.21. The van der Waals surface area contributed by atoms with Crippen LogP contribution in [-0.2, 0) is 27.8 Å². The summed E-state index contributed by atoms with van der Waals surface area (Å²) in [6.45, 7) is 1.68. The zero-order valence-electron chi connectivity index (χ0n) is 16.3. The molecule has 0 amide bonds. The minimum atomic E-state index is -3.52. The van der Waals surface area contributed by atoms with Gasteiger partial charge in [-0.1, -0.05) is 18.2 Å². The van der Waals surface area contributed by atoms with Crippen LogP contribution in [-0.4, -0.2) is 38.8 Å². The molecular weight excluding hydrogens is 378 g/mol. The van der Waals surface area contributed by atoms with E-state index in [2.05, 4.69) is 4.90 Å². The van der Waals surface area contributed by atoms with Crippen LogP contribution in [0, 0.1) is 0 Å². The Bertz CT molecular complexity index is 969. The second kappa shape index (κ2) is 7.83. The summed E-state index contributed by atoms with van der Waals surface area (Å²) in [6, 6.07) is 13.4. The third-order valence-corrected chi connectivity index (χ3v) is 5.84. The van der Waals surface area contributed by atoms with Crippen LogP contribution in [0.25, 0.3) is 0 Å². The van der Waals surface area contributed by atoms with Gasteiger partial charge in [0.1, 0.15) is 5.75 Å². The van der Waals surface area contributed by atoms with Crippen LogP contribution < -0.4 is 9.08 Å². The van der Waals surface area contributed by atoms with Crippen LogP contribution in [0.3, 0.4) is 0 Å². The minimum absolute atomic E-state index is 0.317. The van der Waals surface area contributed by atoms with E-state index in [9.17, 15) is 13.2 Å². The van der Waals surface area contributed by atoms with Crippen molar-refractivity contribution in [2.75, 3.05) is 18.2 Å². The van der Waals surface area contributed by atoms with Crippen LogP contribution in [0.5, 0.6) is 5.75 Å². The second-order valence-corrected chi connectivity index (χ2v) is 8.95. The maximum absolute atomic E-state index is 11.3. The number of aryl methyl sites for hydroxylation is 1. The number of likely N-dealkylation sites (N-methyl/N-ethyl adjacent to an activating group) is 1. The highest BCUT2D eigenvalue weighted by Crippen LogP contribution is 2.30. The molecule has 28 heavy (non-hydrogen) atoms. The molecule has 1 aliphatic carbocycles. The molecule has 0 bridgehead atoms. The van der Waals surface area contributed by atoms with Gasteiger partial charge in [0.25, 0.3) is 0 Å². The molecule has 0 heterocycles. The summed E-state index contributed by atoms with van der Waals surface area (Å²) in [5.74, 6) is -0.996. The molecule has 2 unspecified atom stereocenters. The normalized spacial score (nSPS) is 17.5. The quantitative estimate of drug-likeness (QED) is 0.746. The number of carbonyl (C=O) groups is 1. The lowest BCUT2D eigenvalue weighted by molar-refractivity contribution is -0.138. The number of hydrogen-bond donors (Lipinski definition) is 1. The Morgan fingerprint density at radius 1 is 1.18 bits per heavy atom. The van der Waals surface area contributed by atoms with Crippen molar-refractivity contribution in [3.8, 4) is 5.75 Å². The van der Waals surface area contributed by atoms with Gasteiger partial charge in [-0.15, -0.1) is 0 Å². The first-order valence-corrected chi connectivity index (χ1v) is 11.0. The number of anilines is 1. The predicted molar refractivity (Wildman–Crippen MR) is 109 cm³/mol. The fraction of sp³-hybridized carbons (Fsp3) is 0.381. The van der Waals surface area contributed by atoms with Crippen molar-refractivity contribution < 1.29 is 22.5 Å². The molecule has 0 spiro atoms. The fourth-order valence-electron chi connectivity index (χ4n) is 3.62. The zero-order chi connectivity index (χ0) is 20.5. The maximum Gasteiger partial charge on any atom is 0.310 e. The van der Waals surface area contributed by atoms with E-state index in [4.69, 9.17) is 9.29 Å². The Hall–Kier alpha value is -2.54. The van der Waals surface area contributed by atoms with E-state index in [0.29, 0.717) is 11.8 Å². The van der Waals surface area contributed by atoms with Crippen molar-refractivity contribution in [2.45, 2.75) is 38.1 Å². The summed E-state index contributed by atoms with van der Waals surface area (Å²) < 4.78 is 27.6. The van der Waals surface area contributed by atoms with Crippen LogP contribution in [0.2, 0.25) is 0 Å². The van der Waals surface area contributed by atoms with E-state index in [1.54, 1.807) is 13.0 Å². The molecule has 0 saturated carbocycles. The first-order valence-electron chi connectivity index (χ1n) is 9.21. The van der Waals surface area contributed by atoms with Gasteiger partial charge >= 0.3 is 16.1 Å². The van der Waals surface area contributed by atoms with Crippen molar-refractivity contribution in [2.24, 2.45) is 0 Å². The Balaban J connectivity index is 1.72. The standard InChI is InChI=1S/C21H25NO5S/c1-14(21(23)24)15-4-8-18(9-5-15)22(2)19-10-6-17-13-20(27-28(3,25)26)11-7-16(17)12-19/h4-5,7-9,11,13-14,19H,6,10,12H2,1-3H3,(H,23,24). The summed E-state index contributed by atoms with van der Waals surface area (Å²) in [4.78, 5) is 13.4. The first kappa shape index (κ1) is 20.2. The number of carboxylic acids is 1. The first-order chi connectivity index (χ1) is 13.1. The highest BCUT2D eigenvalue weighted by atomic mass is 32.2. The van der Waals surface area contributed by atoms with Crippen LogP contribution in [0.1, 0.15) is 36.0 Å². The van der Waals surface area contributed by atoms with Crippen molar-refractivity contribution in [1.29, 1.82) is 0 Å². The van der Waals surface area contributed by atoms with E-state index in [1.807, 2.05) is 43.4 Å². The topological polar surface area (TPSA) is 83.9 Å². The van der Waals surface area contributed by atoms with Gasteiger partial charge in [-0.3, -0.25) is 4.79 Å². The van der Waals surface area contributed by atoms with Crippen molar-refractivity contribution in [3.63, 3.8) is 0 Å². The van der Waals surface area contributed by atoms with Crippen LogP contribution >= 0.6 is 0 Å². The zero-order valence-corrected chi connectivity index (χ0v) is 17.1. The summed E-state index contributed by atoms with van der Waals surface area (Å²) >= 11 is 0. The van der Waals surface area contributed by atoms with Gasteiger partial charge in [-0.05, 0) is 67.1 Å². The van der Waals surface area contributed by atoms with Gasteiger partial charge in [-0.2, -0.15) is 8.42 Å². The van der Waals surface area contributed by atoms with Gasteiger partial charge < -0.3 is 14.2 Å². The van der Waals surface area contributed by atoms with E-state index >= 15 is 0 Å².